The van der Waals surface area contributed by atoms with Crippen molar-refractivity contribution >= 4 is 17.6 Å². The summed E-state index contributed by atoms with van der Waals surface area (Å²) in [6.45, 7) is 10.2. The van der Waals surface area contributed by atoms with Crippen LogP contribution >= 0.6 is 0 Å². The van der Waals surface area contributed by atoms with Crippen LogP contribution in [0.5, 0.6) is 0 Å². The van der Waals surface area contributed by atoms with Crippen molar-refractivity contribution < 1.29 is 28.4 Å². The fraction of sp³-hybridized carbons (Fsp3) is 0.400. The third-order valence-corrected chi connectivity index (χ3v) is 6.56. The van der Waals surface area contributed by atoms with Crippen molar-refractivity contribution in [1.82, 2.24) is 10.2 Å². The highest BCUT2D eigenvalue weighted by molar-refractivity contribution is 6.00. The summed E-state index contributed by atoms with van der Waals surface area (Å²) in [4.78, 5) is 39.6. The molecule has 1 aliphatic rings. The lowest BCUT2D eigenvalue weighted by molar-refractivity contribution is -0.385. The maximum atomic E-state index is 15.2. The molecule has 214 valence electrons. The van der Waals surface area contributed by atoms with E-state index in [-0.39, 0.29) is 35.6 Å². The molecule has 1 atom stereocenters. The van der Waals surface area contributed by atoms with Crippen molar-refractivity contribution in [2.75, 3.05) is 26.8 Å². The molecule has 0 spiro atoms. The Kier molecular flexibility index (Phi) is 9.81. The van der Waals surface area contributed by atoms with Gasteiger partial charge < -0.3 is 19.7 Å². The fourth-order valence-corrected chi connectivity index (χ4v) is 4.99. The minimum Gasteiger partial charge on any atom is -0.463 e. The lowest BCUT2D eigenvalue weighted by Crippen LogP contribution is -2.37. The molecule has 0 saturated heterocycles. The van der Waals surface area contributed by atoms with Crippen LogP contribution in [0.25, 0.3) is 0 Å². The number of allylic oxidation sites excluding steroid dienone is 2. The summed E-state index contributed by atoms with van der Waals surface area (Å²) in [5.41, 5.74) is 0.828. The van der Waals surface area contributed by atoms with E-state index in [4.69, 9.17) is 9.47 Å². The zero-order valence-electron chi connectivity index (χ0n) is 23.7. The molecule has 40 heavy (non-hydrogen) atoms. The van der Waals surface area contributed by atoms with Crippen LogP contribution in [-0.2, 0) is 25.6 Å². The Labute approximate surface area is 233 Å². The van der Waals surface area contributed by atoms with Gasteiger partial charge in [0.2, 0.25) is 0 Å². The number of nitro benzene ring substituents is 1. The van der Waals surface area contributed by atoms with Gasteiger partial charge in [-0.25, -0.2) is 14.0 Å². The number of carbonyl (C=O) groups excluding carboxylic acids is 2. The molecular formula is C30H36FN3O6. The molecule has 1 heterocycles. The van der Waals surface area contributed by atoms with E-state index in [0.717, 1.165) is 23.8 Å². The first kappa shape index (κ1) is 30.5. The summed E-state index contributed by atoms with van der Waals surface area (Å²) < 4.78 is 26.2. The van der Waals surface area contributed by atoms with Gasteiger partial charge in [0.05, 0.1) is 35.2 Å². The predicted molar refractivity (Wildman–Crippen MR) is 148 cm³/mol. The standard InChI is InChI=1S/C30H36FN3O6/c1-7-39-28(35)25-19(2)32-20(3)26(27(25)23-15-22(34(37)38)13-14-24(23)31)29(36)40-18-30(4,5)17-33(6)16-21-11-9-8-10-12-21/h8-15,27,32H,7,16-18H2,1-6H3. The van der Waals surface area contributed by atoms with E-state index in [1.807, 2.05) is 51.2 Å². The second kappa shape index (κ2) is 12.9. The third-order valence-electron chi connectivity index (χ3n) is 6.56. The quantitative estimate of drug-likeness (QED) is 0.229. The topological polar surface area (TPSA) is 111 Å². The molecule has 0 fully saturated rings. The number of nitro groups is 1. The molecule has 0 aliphatic carbocycles. The Morgan fingerprint density at radius 2 is 1.65 bits per heavy atom. The van der Waals surface area contributed by atoms with Crippen molar-refractivity contribution in [3.8, 4) is 0 Å². The van der Waals surface area contributed by atoms with Crippen molar-refractivity contribution in [2.45, 2.75) is 47.1 Å². The van der Waals surface area contributed by atoms with Gasteiger partial charge in [0.25, 0.3) is 5.69 Å². The van der Waals surface area contributed by atoms with Crippen LogP contribution in [0.1, 0.15) is 51.7 Å². The molecular weight excluding hydrogens is 517 g/mol. The van der Waals surface area contributed by atoms with Crippen LogP contribution in [0.15, 0.2) is 71.1 Å². The molecule has 2 aromatic carbocycles. The predicted octanol–water partition coefficient (Wildman–Crippen LogP) is 5.23. The molecule has 1 aliphatic heterocycles. The molecule has 10 heteroatoms. The first-order valence-corrected chi connectivity index (χ1v) is 13.0. The molecule has 0 radical (unpaired) electrons. The van der Waals surface area contributed by atoms with Gasteiger partial charge >= 0.3 is 11.9 Å². The number of hydrogen-bond acceptors (Lipinski definition) is 8. The maximum Gasteiger partial charge on any atom is 0.336 e. The van der Waals surface area contributed by atoms with Gasteiger partial charge in [-0.05, 0) is 39.4 Å². The van der Waals surface area contributed by atoms with Gasteiger partial charge in [0, 0.05) is 47.6 Å². The number of nitrogens with zero attached hydrogens (tertiary/aromatic N) is 2. The highest BCUT2D eigenvalue weighted by Crippen LogP contribution is 2.41. The summed E-state index contributed by atoms with van der Waals surface area (Å²) in [6, 6.07) is 13.0. The Morgan fingerprint density at radius 1 is 1.05 bits per heavy atom. The second-order valence-electron chi connectivity index (χ2n) is 10.7. The van der Waals surface area contributed by atoms with E-state index < -0.39 is 34.0 Å². The van der Waals surface area contributed by atoms with E-state index in [0.29, 0.717) is 24.5 Å². The second-order valence-corrected chi connectivity index (χ2v) is 10.7. The monoisotopic (exact) mass is 553 g/mol. The molecule has 0 saturated carbocycles. The summed E-state index contributed by atoms with van der Waals surface area (Å²) in [5.74, 6) is -3.58. The lowest BCUT2D eigenvalue weighted by atomic mass is 9.80. The van der Waals surface area contributed by atoms with Gasteiger partial charge in [-0.2, -0.15) is 0 Å². The van der Waals surface area contributed by atoms with Gasteiger partial charge in [0.1, 0.15) is 5.82 Å². The number of rotatable bonds is 11. The van der Waals surface area contributed by atoms with E-state index in [1.54, 1.807) is 20.8 Å². The van der Waals surface area contributed by atoms with E-state index in [2.05, 4.69) is 10.2 Å². The highest BCUT2D eigenvalue weighted by atomic mass is 19.1. The molecule has 3 rings (SSSR count). The number of ether oxygens (including phenoxy) is 2. The largest absolute Gasteiger partial charge is 0.463 e. The molecule has 0 bridgehead atoms. The van der Waals surface area contributed by atoms with Gasteiger partial charge in [-0.1, -0.05) is 44.2 Å². The average molecular weight is 554 g/mol. The summed E-state index contributed by atoms with van der Waals surface area (Å²) >= 11 is 0. The Hall–Kier alpha value is -4.05. The minimum atomic E-state index is -1.27. The van der Waals surface area contributed by atoms with E-state index in [1.165, 1.54) is 0 Å². The number of nitrogens with one attached hydrogen (secondary N) is 1. The maximum absolute atomic E-state index is 15.2. The van der Waals surface area contributed by atoms with E-state index >= 15 is 4.39 Å². The first-order valence-electron chi connectivity index (χ1n) is 13.0. The van der Waals surface area contributed by atoms with Crippen LogP contribution < -0.4 is 5.32 Å². The fourth-order valence-electron chi connectivity index (χ4n) is 4.99. The number of esters is 2. The number of carbonyl (C=O) groups is 2. The third kappa shape index (κ3) is 7.32. The normalized spacial score (nSPS) is 15.7. The van der Waals surface area contributed by atoms with Gasteiger partial charge in [-0.15, -0.1) is 0 Å². The van der Waals surface area contributed by atoms with Crippen LogP contribution in [0.4, 0.5) is 10.1 Å². The smallest absolute Gasteiger partial charge is 0.336 e. The van der Waals surface area contributed by atoms with Crippen molar-refractivity contribution in [1.29, 1.82) is 0 Å². The van der Waals surface area contributed by atoms with Crippen molar-refractivity contribution in [2.24, 2.45) is 5.41 Å². The van der Waals surface area contributed by atoms with Gasteiger partial charge in [-0.3, -0.25) is 10.1 Å². The van der Waals surface area contributed by atoms with Gasteiger partial charge in [0.15, 0.2) is 0 Å². The van der Waals surface area contributed by atoms with E-state index in [9.17, 15) is 19.7 Å². The summed E-state index contributed by atoms with van der Waals surface area (Å²) in [5, 5.41) is 14.5. The zero-order chi connectivity index (χ0) is 29.6. The molecule has 0 amide bonds. The molecule has 2 aromatic rings. The summed E-state index contributed by atoms with van der Waals surface area (Å²) in [6.07, 6.45) is 0. The Morgan fingerprint density at radius 3 is 2.23 bits per heavy atom. The molecule has 9 nitrogen and oxygen atoms in total. The number of dihydropyridines is 1. The van der Waals surface area contributed by atoms with Crippen LogP contribution in [0, 0.1) is 21.3 Å². The lowest BCUT2D eigenvalue weighted by Gasteiger charge is -2.32. The van der Waals surface area contributed by atoms with Crippen LogP contribution in [0.2, 0.25) is 0 Å². The van der Waals surface area contributed by atoms with Crippen LogP contribution in [0.3, 0.4) is 0 Å². The SMILES string of the molecule is CCOC(=O)C1=C(C)NC(C)=C(C(=O)OCC(C)(C)CN(C)Cc2ccccc2)C1c1cc([N+](=O)[O-])ccc1F. The van der Waals surface area contributed by atoms with Crippen molar-refractivity contribution in [3.63, 3.8) is 0 Å². The number of benzene rings is 2. The first-order chi connectivity index (χ1) is 18.8. The van der Waals surface area contributed by atoms with Crippen molar-refractivity contribution in [3.05, 3.63) is 98.1 Å². The number of halogens is 1. The molecule has 1 unspecified atom stereocenters. The minimum absolute atomic E-state index is 0.0125. The number of non-ortho nitro benzene ring substituents is 1. The average Bonchev–Trinajstić information content (AvgIpc) is 2.87. The molecule has 1 N–H and O–H groups in total. The Balaban J connectivity index is 1.91. The Bertz CT molecular complexity index is 1340. The number of hydrogen-bond donors (Lipinski definition) is 1. The zero-order valence-corrected chi connectivity index (χ0v) is 23.7. The molecule has 0 aromatic heterocycles. The van der Waals surface area contributed by atoms with Crippen LogP contribution in [-0.4, -0.2) is 48.6 Å². The summed E-state index contributed by atoms with van der Waals surface area (Å²) in [7, 11) is 1.98. The highest BCUT2D eigenvalue weighted by Gasteiger charge is 2.40.